The molecule has 1 heterocycles. The van der Waals surface area contributed by atoms with Crippen molar-refractivity contribution in [2.75, 3.05) is 0 Å². The lowest BCUT2D eigenvalue weighted by Gasteiger charge is -2.17. The van der Waals surface area contributed by atoms with Gasteiger partial charge in [0.2, 0.25) is 0 Å². The zero-order valence-electron chi connectivity index (χ0n) is 13.8. The first-order valence-corrected chi connectivity index (χ1v) is 7.36. The number of hydrogen-bond acceptors (Lipinski definition) is 4. The molecule has 0 aliphatic heterocycles. The standard InChI is InChI=1S/C18H22O4/c1-11-6-7-14-13(8-15(19)22-17(14)12(11)2)10-21-16(20)9-18(3,4)5/h6-8H,9-10H2,1-5H3. The first-order valence-electron chi connectivity index (χ1n) is 7.36. The van der Waals surface area contributed by atoms with Gasteiger partial charge in [0.25, 0.3) is 0 Å². The highest BCUT2D eigenvalue weighted by Gasteiger charge is 2.18. The number of hydrogen-bond donors (Lipinski definition) is 0. The second-order valence-electron chi connectivity index (χ2n) is 6.87. The molecule has 0 saturated heterocycles. The number of ether oxygens (including phenoxy) is 1. The molecule has 22 heavy (non-hydrogen) atoms. The molecular weight excluding hydrogens is 280 g/mol. The highest BCUT2D eigenvalue weighted by Crippen LogP contribution is 2.24. The molecule has 0 amide bonds. The van der Waals surface area contributed by atoms with Crippen molar-refractivity contribution in [1.29, 1.82) is 0 Å². The van der Waals surface area contributed by atoms with Crippen LogP contribution in [-0.2, 0) is 16.1 Å². The van der Waals surface area contributed by atoms with E-state index in [0.717, 1.165) is 16.5 Å². The minimum Gasteiger partial charge on any atom is -0.461 e. The van der Waals surface area contributed by atoms with Gasteiger partial charge in [-0.2, -0.15) is 0 Å². The molecule has 0 spiro atoms. The Bertz CT molecular complexity index is 763. The van der Waals surface area contributed by atoms with Crippen LogP contribution in [0.15, 0.2) is 27.4 Å². The van der Waals surface area contributed by atoms with Crippen LogP contribution in [0.5, 0.6) is 0 Å². The van der Waals surface area contributed by atoms with Crippen molar-refractivity contribution in [2.24, 2.45) is 5.41 Å². The predicted molar refractivity (Wildman–Crippen MR) is 85.8 cm³/mol. The first kappa shape index (κ1) is 16.3. The Labute approximate surface area is 130 Å². The van der Waals surface area contributed by atoms with Gasteiger partial charge in [-0.1, -0.05) is 32.9 Å². The van der Waals surface area contributed by atoms with Gasteiger partial charge in [-0.15, -0.1) is 0 Å². The van der Waals surface area contributed by atoms with Crippen LogP contribution >= 0.6 is 0 Å². The van der Waals surface area contributed by atoms with E-state index in [-0.39, 0.29) is 18.0 Å². The Balaban J connectivity index is 2.30. The van der Waals surface area contributed by atoms with Gasteiger partial charge in [-0.25, -0.2) is 4.79 Å². The minimum atomic E-state index is -0.428. The summed E-state index contributed by atoms with van der Waals surface area (Å²) in [5, 5.41) is 0.811. The summed E-state index contributed by atoms with van der Waals surface area (Å²) in [6.07, 6.45) is 0.338. The quantitative estimate of drug-likeness (QED) is 0.637. The highest BCUT2D eigenvalue weighted by atomic mass is 16.5. The van der Waals surface area contributed by atoms with Gasteiger partial charge in [0.1, 0.15) is 12.2 Å². The third-order valence-corrected chi connectivity index (χ3v) is 3.58. The first-order chi connectivity index (χ1) is 10.2. The van der Waals surface area contributed by atoms with Crippen LogP contribution in [0.1, 0.15) is 43.9 Å². The molecule has 0 fully saturated rings. The number of benzene rings is 1. The second-order valence-corrected chi connectivity index (χ2v) is 6.87. The number of esters is 1. The zero-order chi connectivity index (χ0) is 16.5. The molecule has 0 aliphatic carbocycles. The maximum absolute atomic E-state index is 11.9. The van der Waals surface area contributed by atoms with E-state index in [2.05, 4.69) is 0 Å². The average Bonchev–Trinajstić information content (AvgIpc) is 2.39. The van der Waals surface area contributed by atoms with E-state index in [1.165, 1.54) is 6.07 Å². The lowest BCUT2D eigenvalue weighted by molar-refractivity contribution is -0.147. The molecule has 0 aliphatic rings. The fourth-order valence-corrected chi connectivity index (χ4v) is 2.29. The summed E-state index contributed by atoms with van der Waals surface area (Å²) in [5.41, 5.74) is 2.67. The van der Waals surface area contributed by atoms with E-state index >= 15 is 0 Å². The van der Waals surface area contributed by atoms with Crippen LogP contribution < -0.4 is 5.63 Å². The van der Waals surface area contributed by atoms with Gasteiger partial charge in [0.05, 0.1) is 6.42 Å². The van der Waals surface area contributed by atoms with Crippen LogP contribution in [0.4, 0.5) is 0 Å². The molecule has 1 aromatic carbocycles. The normalized spacial score (nSPS) is 11.7. The second kappa shape index (κ2) is 5.95. The Morgan fingerprint density at radius 1 is 1.23 bits per heavy atom. The largest absolute Gasteiger partial charge is 0.461 e. The van der Waals surface area contributed by atoms with Gasteiger partial charge >= 0.3 is 11.6 Å². The van der Waals surface area contributed by atoms with Gasteiger partial charge in [0, 0.05) is 17.0 Å². The molecule has 0 bridgehead atoms. The topological polar surface area (TPSA) is 56.5 Å². The minimum absolute atomic E-state index is 0.0829. The summed E-state index contributed by atoms with van der Waals surface area (Å²) in [4.78, 5) is 23.6. The SMILES string of the molecule is Cc1ccc2c(COC(=O)CC(C)(C)C)cc(=O)oc2c1C. The lowest BCUT2D eigenvalue weighted by atomic mass is 9.92. The predicted octanol–water partition coefficient (Wildman–Crippen LogP) is 3.89. The van der Waals surface area contributed by atoms with Gasteiger partial charge in [-0.05, 0) is 30.4 Å². The van der Waals surface area contributed by atoms with E-state index in [4.69, 9.17) is 9.15 Å². The van der Waals surface area contributed by atoms with Crippen molar-refractivity contribution in [3.8, 4) is 0 Å². The Morgan fingerprint density at radius 3 is 2.55 bits per heavy atom. The van der Waals surface area contributed by atoms with Crippen molar-refractivity contribution in [3.63, 3.8) is 0 Å². The summed E-state index contributed by atoms with van der Waals surface area (Å²) < 4.78 is 10.6. The number of aryl methyl sites for hydroxylation is 2. The van der Waals surface area contributed by atoms with E-state index in [1.807, 2.05) is 46.8 Å². The van der Waals surface area contributed by atoms with Crippen LogP contribution in [0.3, 0.4) is 0 Å². The lowest BCUT2D eigenvalue weighted by Crippen LogP contribution is -2.15. The third-order valence-electron chi connectivity index (χ3n) is 3.58. The summed E-state index contributed by atoms with van der Waals surface area (Å²) in [5.74, 6) is -0.266. The number of rotatable bonds is 3. The molecule has 4 nitrogen and oxygen atoms in total. The maximum atomic E-state index is 11.9. The molecule has 1 aromatic heterocycles. The molecule has 4 heteroatoms. The van der Waals surface area contributed by atoms with E-state index in [0.29, 0.717) is 17.6 Å². The van der Waals surface area contributed by atoms with Gasteiger partial charge in [0.15, 0.2) is 0 Å². The Kier molecular flexibility index (Phi) is 4.40. The molecule has 2 rings (SSSR count). The van der Waals surface area contributed by atoms with Crippen LogP contribution in [-0.4, -0.2) is 5.97 Å². The molecule has 0 saturated carbocycles. The fraction of sp³-hybridized carbons (Fsp3) is 0.444. The average molecular weight is 302 g/mol. The van der Waals surface area contributed by atoms with Crippen LogP contribution in [0.25, 0.3) is 11.0 Å². The Hall–Kier alpha value is -2.10. The summed E-state index contributed by atoms with van der Waals surface area (Å²) in [7, 11) is 0. The molecule has 0 radical (unpaired) electrons. The smallest absolute Gasteiger partial charge is 0.336 e. The van der Waals surface area contributed by atoms with E-state index in [1.54, 1.807) is 0 Å². The Morgan fingerprint density at radius 2 is 1.91 bits per heavy atom. The van der Waals surface area contributed by atoms with Crippen molar-refractivity contribution in [2.45, 2.75) is 47.6 Å². The number of carbonyl (C=O) groups excluding carboxylic acids is 1. The van der Waals surface area contributed by atoms with Crippen molar-refractivity contribution < 1.29 is 13.9 Å². The van der Waals surface area contributed by atoms with Crippen molar-refractivity contribution in [3.05, 3.63) is 45.3 Å². The summed E-state index contributed by atoms with van der Waals surface area (Å²) >= 11 is 0. The van der Waals surface area contributed by atoms with Crippen LogP contribution in [0, 0.1) is 19.3 Å². The van der Waals surface area contributed by atoms with E-state index in [9.17, 15) is 9.59 Å². The van der Waals surface area contributed by atoms with E-state index < -0.39 is 5.63 Å². The summed E-state index contributed by atoms with van der Waals surface area (Å²) in [6.45, 7) is 9.90. The molecule has 0 atom stereocenters. The summed E-state index contributed by atoms with van der Waals surface area (Å²) in [6, 6.07) is 5.26. The van der Waals surface area contributed by atoms with Gasteiger partial charge < -0.3 is 9.15 Å². The van der Waals surface area contributed by atoms with Crippen molar-refractivity contribution in [1.82, 2.24) is 0 Å². The molecular formula is C18H22O4. The maximum Gasteiger partial charge on any atom is 0.336 e. The molecule has 0 unspecified atom stereocenters. The number of fused-ring (bicyclic) bond motifs is 1. The van der Waals surface area contributed by atoms with Crippen molar-refractivity contribution >= 4 is 16.9 Å². The fourth-order valence-electron chi connectivity index (χ4n) is 2.29. The molecule has 0 N–H and O–H groups in total. The third kappa shape index (κ3) is 3.75. The molecule has 118 valence electrons. The van der Waals surface area contributed by atoms with Crippen LogP contribution in [0.2, 0.25) is 0 Å². The zero-order valence-corrected chi connectivity index (χ0v) is 13.8. The van der Waals surface area contributed by atoms with Gasteiger partial charge in [-0.3, -0.25) is 4.79 Å². The molecule has 2 aromatic rings. The highest BCUT2D eigenvalue weighted by molar-refractivity contribution is 5.84. The number of carbonyl (C=O) groups is 1. The monoisotopic (exact) mass is 302 g/mol.